The van der Waals surface area contributed by atoms with Crippen LogP contribution in [0.1, 0.15) is 19.4 Å². The van der Waals surface area contributed by atoms with E-state index in [1.54, 1.807) is 0 Å². The number of nitrogens with one attached hydrogen (secondary N) is 1. The molecule has 0 fully saturated rings. The standard InChI is InChI=1S/C15H18N4O2/c1-9(2)21-11-6-4-10(5-7-11)13-8-12(14(16)17)15(20)19(3)18-13/h4-9H,1-3H3,(H3,16,17). The highest BCUT2D eigenvalue weighted by Crippen LogP contribution is 2.21. The van der Waals surface area contributed by atoms with E-state index in [1.807, 2.05) is 38.1 Å². The van der Waals surface area contributed by atoms with Crippen molar-refractivity contribution in [3.8, 4) is 17.0 Å². The van der Waals surface area contributed by atoms with E-state index < -0.39 is 0 Å². The lowest BCUT2D eigenvalue weighted by atomic mass is 10.1. The summed E-state index contributed by atoms with van der Waals surface area (Å²) in [5, 5.41) is 11.6. The molecule has 0 radical (unpaired) electrons. The summed E-state index contributed by atoms with van der Waals surface area (Å²) in [6, 6.07) is 8.93. The molecule has 0 saturated carbocycles. The number of nitrogens with zero attached hydrogens (tertiary/aromatic N) is 2. The number of amidine groups is 1. The van der Waals surface area contributed by atoms with Gasteiger partial charge in [0.1, 0.15) is 11.6 Å². The average molecular weight is 286 g/mol. The van der Waals surface area contributed by atoms with Crippen molar-refractivity contribution >= 4 is 5.84 Å². The predicted molar refractivity (Wildman–Crippen MR) is 81.7 cm³/mol. The molecule has 6 nitrogen and oxygen atoms in total. The van der Waals surface area contributed by atoms with Gasteiger partial charge in [0.25, 0.3) is 5.56 Å². The zero-order valence-electron chi connectivity index (χ0n) is 12.3. The summed E-state index contributed by atoms with van der Waals surface area (Å²) in [6.07, 6.45) is 0.107. The third-order valence-corrected chi connectivity index (χ3v) is 2.88. The van der Waals surface area contributed by atoms with Crippen LogP contribution in [0.4, 0.5) is 0 Å². The van der Waals surface area contributed by atoms with Crippen LogP contribution in [0.25, 0.3) is 11.3 Å². The van der Waals surface area contributed by atoms with E-state index in [2.05, 4.69) is 5.10 Å². The molecule has 0 bridgehead atoms. The monoisotopic (exact) mass is 286 g/mol. The number of ether oxygens (including phenoxy) is 1. The van der Waals surface area contributed by atoms with Crippen molar-refractivity contribution in [1.82, 2.24) is 9.78 Å². The molecule has 0 aliphatic rings. The van der Waals surface area contributed by atoms with Crippen LogP contribution < -0.4 is 16.0 Å². The van der Waals surface area contributed by atoms with E-state index in [4.69, 9.17) is 15.9 Å². The molecule has 2 aromatic rings. The van der Waals surface area contributed by atoms with Gasteiger partial charge in [0.05, 0.1) is 17.4 Å². The number of nitrogens with two attached hydrogens (primary N) is 1. The van der Waals surface area contributed by atoms with Crippen LogP contribution >= 0.6 is 0 Å². The van der Waals surface area contributed by atoms with Gasteiger partial charge in [-0.3, -0.25) is 10.2 Å². The Bertz CT molecular complexity index is 717. The van der Waals surface area contributed by atoms with Gasteiger partial charge >= 0.3 is 0 Å². The number of hydrogen-bond acceptors (Lipinski definition) is 4. The number of aromatic nitrogens is 2. The molecule has 0 unspecified atom stereocenters. The van der Waals surface area contributed by atoms with E-state index in [-0.39, 0.29) is 23.1 Å². The van der Waals surface area contributed by atoms with Crippen LogP contribution in [0.15, 0.2) is 35.1 Å². The molecule has 21 heavy (non-hydrogen) atoms. The molecule has 2 rings (SSSR count). The van der Waals surface area contributed by atoms with Crippen LogP contribution in [0, 0.1) is 5.41 Å². The Morgan fingerprint density at radius 2 is 1.95 bits per heavy atom. The SMILES string of the molecule is CC(C)Oc1ccc(-c2cc(C(=N)N)c(=O)n(C)n2)cc1. The molecule has 0 atom stereocenters. The van der Waals surface area contributed by atoms with Gasteiger partial charge in [-0.15, -0.1) is 0 Å². The van der Waals surface area contributed by atoms with Crippen LogP contribution in [0.2, 0.25) is 0 Å². The molecule has 1 heterocycles. The van der Waals surface area contributed by atoms with Crippen LogP contribution in [0.5, 0.6) is 5.75 Å². The van der Waals surface area contributed by atoms with Gasteiger partial charge in [-0.2, -0.15) is 5.10 Å². The Balaban J connectivity index is 2.42. The van der Waals surface area contributed by atoms with Crippen molar-refractivity contribution in [3.63, 3.8) is 0 Å². The molecule has 0 saturated heterocycles. The van der Waals surface area contributed by atoms with Crippen molar-refractivity contribution in [3.05, 3.63) is 46.2 Å². The van der Waals surface area contributed by atoms with Gasteiger partial charge in [0, 0.05) is 12.6 Å². The molecule has 0 amide bonds. The van der Waals surface area contributed by atoms with Gasteiger partial charge in [0.15, 0.2) is 0 Å². The molecular weight excluding hydrogens is 268 g/mol. The Morgan fingerprint density at radius 3 is 2.48 bits per heavy atom. The Hall–Kier alpha value is -2.63. The lowest BCUT2D eigenvalue weighted by Crippen LogP contribution is -2.29. The number of benzene rings is 1. The first-order chi connectivity index (χ1) is 9.88. The highest BCUT2D eigenvalue weighted by Gasteiger charge is 2.10. The molecule has 0 spiro atoms. The first-order valence-electron chi connectivity index (χ1n) is 6.58. The molecule has 6 heteroatoms. The van der Waals surface area contributed by atoms with Crippen molar-refractivity contribution in [2.45, 2.75) is 20.0 Å². The Kier molecular flexibility index (Phi) is 4.07. The second kappa shape index (κ2) is 5.78. The molecule has 0 aliphatic carbocycles. The minimum atomic E-state index is -0.383. The van der Waals surface area contributed by atoms with Gasteiger partial charge in [0.2, 0.25) is 0 Å². The number of aryl methyl sites for hydroxylation is 1. The van der Waals surface area contributed by atoms with Gasteiger partial charge in [-0.1, -0.05) is 0 Å². The highest BCUT2D eigenvalue weighted by molar-refractivity contribution is 5.95. The van der Waals surface area contributed by atoms with Gasteiger partial charge in [-0.05, 0) is 44.2 Å². The van der Waals surface area contributed by atoms with Gasteiger partial charge in [-0.25, -0.2) is 4.68 Å². The smallest absolute Gasteiger partial charge is 0.277 e. The third kappa shape index (κ3) is 3.28. The van der Waals surface area contributed by atoms with E-state index >= 15 is 0 Å². The van der Waals surface area contributed by atoms with Crippen molar-refractivity contribution in [2.75, 3.05) is 0 Å². The second-order valence-corrected chi connectivity index (χ2v) is 4.98. The number of rotatable bonds is 4. The largest absolute Gasteiger partial charge is 0.491 e. The zero-order valence-corrected chi connectivity index (χ0v) is 12.3. The van der Waals surface area contributed by atoms with Crippen LogP contribution in [-0.2, 0) is 7.05 Å². The second-order valence-electron chi connectivity index (χ2n) is 4.98. The summed E-state index contributed by atoms with van der Waals surface area (Å²) in [5.41, 5.74) is 6.60. The molecule has 1 aromatic carbocycles. The zero-order chi connectivity index (χ0) is 15.6. The fourth-order valence-electron chi connectivity index (χ4n) is 1.92. The summed E-state index contributed by atoms with van der Waals surface area (Å²) < 4.78 is 6.77. The molecular formula is C15H18N4O2. The Morgan fingerprint density at radius 1 is 1.33 bits per heavy atom. The molecule has 1 aromatic heterocycles. The fourth-order valence-corrected chi connectivity index (χ4v) is 1.92. The molecule has 3 N–H and O–H groups in total. The fraction of sp³-hybridized carbons (Fsp3) is 0.267. The van der Waals surface area contributed by atoms with E-state index in [0.717, 1.165) is 11.3 Å². The summed E-state index contributed by atoms with van der Waals surface area (Å²) in [4.78, 5) is 11.8. The van der Waals surface area contributed by atoms with Crippen molar-refractivity contribution in [2.24, 2.45) is 12.8 Å². The summed E-state index contributed by atoms with van der Waals surface area (Å²) in [5.74, 6) is 0.504. The normalized spacial score (nSPS) is 10.7. The lowest BCUT2D eigenvalue weighted by Gasteiger charge is -2.10. The maximum Gasteiger partial charge on any atom is 0.277 e. The van der Waals surface area contributed by atoms with Gasteiger partial charge < -0.3 is 10.5 Å². The number of hydrogen-bond donors (Lipinski definition) is 2. The highest BCUT2D eigenvalue weighted by atomic mass is 16.5. The first kappa shape index (κ1) is 14.8. The quantitative estimate of drug-likeness (QED) is 0.658. The van der Waals surface area contributed by atoms with Crippen LogP contribution in [0.3, 0.4) is 0 Å². The minimum Gasteiger partial charge on any atom is -0.491 e. The van der Waals surface area contributed by atoms with E-state index in [0.29, 0.717) is 5.69 Å². The third-order valence-electron chi connectivity index (χ3n) is 2.88. The molecule has 110 valence electrons. The topological polar surface area (TPSA) is 94.0 Å². The van der Waals surface area contributed by atoms with Crippen molar-refractivity contribution in [1.29, 1.82) is 5.41 Å². The maximum atomic E-state index is 11.8. The summed E-state index contributed by atoms with van der Waals surface area (Å²) >= 11 is 0. The lowest BCUT2D eigenvalue weighted by molar-refractivity contribution is 0.242. The van der Waals surface area contributed by atoms with Crippen LogP contribution in [-0.4, -0.2) is 21.7 Å². The maximum absolute atomic E-state index is 11.8. The predicted octanol–water partition coefficient (Wildman–Crippen LogP) is 1.52. The summed E-state index contributed by atoms with van der Waals surface area (Å²) in [6.45, 7) is 3.92. The first-order valence-corrected chi connectivity index (χ1v) is 6.58. The summed E-state index contributed by atoms with van der Waals surface area (Å²) in [7, 11) is 1.54. The Labute approximate surface area is 122 Å². The van der Waals surface area contributed by atoms with E-state index in [9.17, 15) is 4.79 Å². The number of nitrogen functional groups attached to an aromatic ring is 1. The minimum absolute atomic E-state index is 0.107. The van der Waals surface area contributed by atoms with E-state index in [1.165, 1.54) is 17.8 Å². The average Bonchev–Trinajstić information content (AvgIpc) is 2.41. The van der Waals surface area contributed by atoms with Crippen molar-refractivity contribution < 1.29 is 4.74 Å². The molecule has 0 aliphatic heterocycles.